The fraction of sp³-hybridized carbons (Fsp3) is 0.737. The van der Waals surface area contributed by atoms with E-state index < -0.39 is 0 Å². The molecule has 1 saturated heterocycles. The second-order valence-corrected chi connectivity index (χ2v) is 7.85. The zero-order valence-corrected chi connectivity index (χ0v) is 15.5. The first-order chi connectivity index (χ1) is 11.2. The molecule has 130 valence electrons. The smallest absolute Gasteiger partial charge is 0.223 e. The molecule has 1 amide bonds. The number of amides is 1. The predicted molar refractivity (Wildman–Crippen MR) is 98.6 cm³/mol. The molecule has 0 aromatic carbocycles. The van der Waals surface area contributed by atoms with Gasteiger partial charge in [-0.15, -0.1) is 11.3 Å². The molecule has 0 spiro atoms. The van der Waals surface area contributed by atoms with Crippen LogP contribution in [0.5, 0.6) is 0 Å². The Morgan fingerprint density at radius 1 is 1.30 bits per heavy atom. The first kappa shape index (κ1) is 18.5. The van der Waals surface area contributed by atoms with Crippen molar-refractivity contribution in [1.82, 2.24) is 10.2 Å². The van der Waals surface area contributed by atoms with E-state index in [1.165, 1.54) is 17.7 Å². The summed E-state index contributed by atoms with van der Waals surface area (Å²) in [4.78, 5) is 16.3. The number of thiophene rings is 1. The highest BCUT2D eigenvalue weighted by Gasteiger charge is 2.22. The van der Waals surface area contributed by atoms with E-state index in [1.807, 2.05) is 11.3 Å². The number of nitrogens with zero attached hydrogens (tertiary/aromatic N) is 1. The van der Waals surface area contributed by atoms with E-state index in [1.54, 1.807) is 0 Å². The molecule has 1 aliphatic heterocycles. The minimum absolute atomic E-state index is 0.226. The standard InChI is InChI=1S/C19H32N2OS/c1-3-6-17(7-4-2)19(22)20-14-16-9-11-21(12-10-16)15-18-8-5-13-23-18/h5,8,13,16-17H,3-4,6-7,9-12,14-15H2,1-2H3,(H,20,22). The number of hydrogen-bond donors (Lipinski definition) is 1. The Hall–Kier alpha value is -0.870. The van der Waals surface area contributed by atoms with E-state index in [-0.39, 0.29) is 11.8 Å². The summed E-state index contributed by atoms with van der Waals surface area (Å²) >= 11 is 1.85. The minimum Gasteiger partial charge on any atom is -0.356 e. The Kier molecular flexibility index (Phi) is 8.10. The van der Waals surface area contributed by atoms with Gasteiger partial charge < -0.3 is 5.32 Å². The molecule has 0 atom stereocenters. The number of carbonyl (C=O) groups is 1. The van der Waals surface area contributed by atoms with Crippen molar-refractivity contribution in [3.05, 3.63) is 22.4 Å². The molecule has 1 fully saturated rings. The van der Waals surface area contributed by atoms with Crippen LogP contribution >= 0.6 is 11.3 Å². The summed E-state index contributed by atoms with van der Waals surface area (Å²) in [5, 5.41) is 5.38. The Morgan fingerprint density at radius 3 is 2.57 bits per heavy atom. The molecule has 2 rings (SSSR count). The molecule has 1 N–H and O–H groups in total. The highest BCUT2D eigenvalue weighted by Crippen LogP contribution is 2.20. The van der Waals surface area contributed by atoms with E-state index in [0.29, 0.717) is 5.92 Å². The van der Waals surface area contributed by atoms with Gasteiger partial charge in [0.2, 0.25) is 5.91 Å². The average molecular weight is 337 g/mol. The molecule has 0 radical (unpaired) electrons. The second-order valence-electron chi connectivity index (χ2n) is 6.82. The normalized spacial score (nSPS) is 16.8. The van der Waals surface area contributed by atoms with Gasteiger partial charge in [-0.1, -0.05) is 32.8 Å². The van der Waals surface area contributed by atoms with Crippen LogP contribution in [0, 0.1) is 11.8 Å². The van der Waals surface area contributed by atoms with Crippen LogP contribution in [0.3, 0.4) is 0 Å². The highest BCUT2D eigenvalue weighted by molar-refractivity contribution is 7.09. The van der Waals surface area contributed by atoms with Crippen LogP contribution in [-0.4, -0.2) is 30.4 Å². The second kappa shape index (κ2) is 10.1. The van der Waals surface area contributed by atoms with Crippen LogP contribution in [0.2, 0.25) is 0 Å². The zero-order valence-electron chi connectivity index (χ0n) is 14.7. The number of rotatable bonds is 9. The van der Waals surface area contributed by atoms with Crippen LogP contribution in [0.15, 0.2) is 17.5 Å². The lowest BCUT2D eigenvalue weighted by atomic mass is 9.94. The molecular formula is C19H32N2OS. The summed E-state index contributed by atoms with van der Waals surface area (Å²) in [5.41, 5.74) is 0. The number of hydrogen-bond acceptors (Lipinski definition) is 3. The van der Waals surface area contributed by atoms with E-state index in [9.17, 15) is 4.79 Å². The van der Waals surface area contributed by atoms with Crippen molar-refractivity contribution in [3.63, 3.8) is 0 Å². The van der Waals surface area contributed by atoms with Crippen molar-refractivity contribution in [2.45, 2.75) is 58.9 Å². The van der Waals surface area contributed by atoms with Crippen LogP contribution in [0.4, 0.5) is 0 Å². The van der Waals surface area contributed by atoms with Gasteiger partial charge in [0, 0.05) is 23.9 Å². The van der Waals surface area contributed by atoms with Crippen LogP contribution in [-0.2, 0) is 11.3 Å². The summed E-state index contributed by atoms with van der Waals surface area (Å²) in [5.74, 6) is 1.17. The lowest BCUT2D eigenvalue weighted by Gasteiger charge is -2.32. The lowest BCUT2D eigenvalue weighted by molar-refractivity contribution is -0.125. The quantitative estimate of drug-likeness (QED) is 0.729. The lowest BCUT2D eigenvalue weighted by Crippen LogP contribution is -2.39. The maximum atomic E-state index is 12.3. The van der Waals surface area contributed by atoms with E-state index >= 15 is 0 Å². The Labute approximate surface area is 145 Å². The third-order valence-corrected chi connectivity index (χ3v) is 5.74. The van der Waals surface area contributed by atoms with Gasteiger partial charge in [-0.25, -0.2) is 0 Å². The van der Waals surface area contributed by atoms with E-state index in [2.05, 4.69) is 41.6 Å². The molecule has 0 aliphatic carbocycles. The fourth-order valence-electron chi connectivity index (χ4n) is 3.46. The van der Waals surface area contributed by atoms with Gasteiger partial charge >= 0.3 is 0 Å². The average Bonchev–Trinajstić information content (AvgIpc) is 3.07. The number of carbonyl (C=O) groups excluding carboxylic acids is 1. The van der Waals surface area contributed by atoms with E-state index in [0.717, 1.165) is 51.9 Å². The monoisotopic (exact) mass is 336 g/mol. The Morgan fingerprint density at radius 2 is 2.00 bits per heavy atom. The third kappa shape index (κ3) is 6.27. The van der Waals surface area contributed by atoms with Gasteiger partial charge in [-0.3, -0.25) is 9.69 Å². The molecule has 0 unspecified atom stereocenters. The Balaban J connectivity index is 1.66. The van der Waals surface area contributed by atoms with Crippen LogP contribution < -0.4 is 5.32 Å². The molecule has 2 heterocycles. The van der Waals surface area contributed by atoms with Gasteiger partial charge in [-0.05, 0) is 56.1 Å². The van der Waals surface area contributed by atoms with Gasteiger partial charge in [-0.2, -0.15) is 0 Å². The van der Waals surface area contributed by atoms with Gasteiger partial charge in [0.25, 0.3) is 0 Å². The van der Waals surface area contributed by atoms with Crippen molar-refractivity contribution < 1.29 is 4.79 Å². The Bertz CT molecular complexity index is 432. The van der Waals surface area contributed by atoms with Gasteiger partial charge in [0.15, 0.2) is 0 Å². The molecule has 1 aromatic rings. The highest BCUT2D eigenvalue weighted by atomic mass is 32.1. The fourth-order valence-corrected chi connectivity index (χ4v) is 4.21. The first-order valence-electron chi connectivity index (χ1n) is 9.25. The first-order valence-corrected chi connectivity index (χ1v) is 10.1. The van der Waals surface area contributed by atoms with Gasteiger partial charge in [0.1, 0.15) is 0 Å². The molecule has 0 bridgehead atoms. The van der Waals surface area contributed by atoms with Crippen molar-refractivity contribution >= 4 is 17.2 Å². The predicted octanol–water partition coefficient (Wildman–Crippen LogP) is 4.29. The summed E-state index contributed by atoms with van der Waals surface area (Å²) in [6, 6.07) is 4.35. The summed E-state index contributed by atoms with van der Waals surface area (Å²) in [7, 11) is 0. The van der Waals surface area contributed by atoms with Crippen LogP contribution in [0.1, 0.15) is 57.2 Å². The zero-order chi connectivity index (χ0) is 16.5. The molecule has 3 nitrogen and oxygen atoms in total. The topological polar surface area (TPSA) is 32.3 Å². The van der Waals surface area contributed by atoms with Crippen molar-refractivity contribution in [3.8, 4) is 0 Å². The van der Waals surface area contributed by atoms with Gasteiger partial charge in [0.05, 0.1) is 0 Å². The number of piperidine rings is 1. The molecule has 0 saturated carbocycles. The summed E-state index contributed by atoms with van der Waals surface area (Å²) < 4.78 is 0. The maximum absolute atomic E-state index is 12.3. The van der Waals surface area contributed by atoms with Crippen molar-refractivity contribution in [1.29, 1.82) is 0 Å². The summed E-state index contributed by atoms with van der Waals surface area (Å²) in [6.45, 7) is 8.61. The number of likely N-dealkylation sites (tertiary alicyclic amines) is 1. The largest absolute Gasteiger partial charge is 0.356 e. The SMILES string of the molecule is CCCC(CCC)C(=O)NCC1CCN(Cc2cccs2)CC1. The van der Waals surface area contributed by atoms with Crippen molar-refractivity contribution in [2.24, 2.45) is 11.8 Å². The van der Waals surface area contributed by atoms with Crippen LogP contribution in [0.25, 0.3) is 0 Å². The molecule has 23 heavy (non-hydrogen) atoms. The molecule has 1 aliphatic rings. The summed E-state index contributed by atoms with van der Waals surface area (Å²) in [6.07, 6.45) is 6.66. The van der Waals surface area contributed by atoms with Crippen molar-refractivity contribution in [2.75, 3.05) is 19.6 Å². The minimum atomic E-state index is 0.226. The molecule has 4 heteroatoms. The molecular weight excluding hydrogens is 304 g/mol. The maximum Gasteiger partial charge on any atom is 0.223 e. The van der Waals surface area contributed by atoms with E-state index in [4.69, 9.17) is 0 Å². The molecule has 1 aromatic heterocycles. The third-order valence-electron chi connectivity index (χ3n) is 4.88. The number of nitrogens with one attached hydrogen (secondary N) is 1.